The van der Waals surface area contributed by atoms with Crippen LogP contribution in [0.4, 0.5) is 0 Å². The van der Waals surface area contributed by atoms with E-state index in [4.69, 9.17) is 0 Å². The largest absolute Gasteiger partial charge is 0.350 e. The Bertz CT molecular complexity index is 647. The third kappa shape index (κ3) is 6.81. The van der Waals surface area contributed by atoms with Gasteiger partial charge in [0.2, 0.25) is 17.6 Å². The Kier molecular flexibility index (Phi) is 8.44. The molecule has 2 aliphatic rings. The van der Waals surface area contributed by atoms with Gasteiger partial charge in [-0.25, -0.2) is 0 Å². The number of Topliss-reactive ketones (excluding diaryl/α,β-unsaturated/α-hetero) is 1. The lowest BCUT2D eigenvalue weighted by atomic mass is 9.88. The number of carbonyl (C=O) groups excluding carboxylic acids is 4. The van der Waals surface area contributed by atoms with Crippen molar-refractivity contribution < 1.29 is 19.2 Å². The van der Waals surface area contributed by atoms with Crippen LogP contribution < -0.4 is 10.6 Å². The predicted molar refractivity (Wildman–Crippen MR) is 116 cm³/mol. The van der Waals surface area contributed by atoms with Crippen molar-refractivity contribution in [1.29, 1.82) is 0 Å². The van der Waals surface area contributed by atoms with E-state index in [1.54, 1.807) is 4.90 Å². The molecule has 1 saturated heterocycles. The molecule has 7 nitrogen and oxygen atoms in total. The average molecular weight is 422 g/mol. The first-order valence-corrected chi connectivity index (χ1v) is 11.5. The highest BCUT2D eigenvalue weighted by molar-refractivity contribution is 6.38. The first-order valence-electron chi connectivity index (χ1n) is 11.5. The Morgan fingerprint density at radius 1 is 0.967 bits per heavy atom. The molecule has 2 N–H and O–H groups in total. The molecule has 0 aromatic rings. The normalized spacial score (nSPS) is 21.4. The average Bonchev–Trinajstić information content (AvgIpc) is 3.14. The Morgan fingerprint density at radius 2 is 1.60 bits per heavy atom. The molecular weight excluding hydrogens is 382 g/mol. The third-order valence-corrected chi connectivity index (χ3v) is 5.84. The van der Waals surface area contributed by atoms with Crippen LogP contribution in [0, 0.1) is 11.8 Å². The van der Waals surface area contributed by atoms with Crippen LogP contribution in [0.1, 0.15) is 86.0 Å². The molecule has 0 aromatic heterocycles. The van der Waals surface area contributed by atoms with Crippen LogP contribution in [-0.4, -0.2) is 52.6 Å². The van der Waals surface area contributed by atoms with E-state index in [1.165, 1.54) is 0 Å². The van der Waals surface area contributed by atoms with Gasteiger partial charge in [0.05, 0.1) is 0 Å². The van der Waals surface area contributed by atoms with E-state index in [0.717, 1.165) is 38.5 Å². The van der Waals surface area contributed by atoms with Gasteiger partial charge >= 0.3 is 0 Å². The second-order valence-electron chi connectivity index (χ2n) is 10.3. The smallest absolute Gasteiger partial charge is 0.290 e. The van der Waals surface area contributed by atoms with Crippen LogP contribution in [0.3, 0.4) is 0 Å². The molecule has 0 unspecified atom stereocenters. The number of ketones is 1. The molecule has 1 saturated carbocycles. The molecule has 1 aliphatic heterocycles. The highest BCUT2D eigenvalue weighted by Gasteiger charge is 2.40. The van der Waals surface area contributed by atoms with Gasteiger partial charge in [-0.2, -0.15) is 0 Å². The Morgan fingerprint density at radius 3 is 2.17 bits per heavy atom. The maximum absolute atomic E-state index is 12.9. The summed E-state index contributed by atoms with van der Waals surface area (Å²) in [6.45, 7) is 10.1. The van der Waals surface area contributed by atoms with Gasteiger partial charge in [0.1, 0.15) is 12.1 Å². The number of likely N-dealkylation sites (tertiary alicyclic amines) is 1. The van der Waals surface area contributed by atoms with Crippen molar-refractivity contribution in [3.05, 3.63) is 0 Å². The number of amides is 3. The van der Waals surface area contributed by atoms with Crippen LogP contribution in [-0.2, 0) is 19.2 Å². The zero-order valence-corrected chi connectivity index (χ0v) is 19.3. The Balaban J connectivity index is 2.04. The molecule has 0 bridgehead atoms. The van der Waals surface area contributed by atoms with Crippen molar-refractivity contribution in [3.8, 4) is 0 Å². The molecule has 0 spiro atoms. The fourth-order valence-corrected chi connectivity index (χ4v) is 4.43. The zero-order valence-electron chi connectivity index (χ0n) is 19.3. The monoisotopic (exact) mass is 421 g/mol. The summed E-state index contributed by atoms with van der Waals surface area (Å²) in [5.74, 6) is -1.50. The van der Waals surface area contributed by atoms with Gasteiger partial charge in [-0.15, -0.1) is 0 Å². The molecule has 7 heteroatoms. The summed E-state index contributed by atoms with van der Waals surface area (Å²) in [7, 11) is 0. The highest BCUT2D eigenvalue weighted by Crippen LogP contribution is 2.29. The number of rotatable bonds is 7. The standard InChI is InChI=1S/C23H39N3O4/c1-15(2)14-17(20(28)25-23(3,4)5)24-21(29)19(27)18-12-9-13-26(18)22(30)16-10-7-6-8-11-16/h15-18H,6-14H2,1-5H3,(H,24,29)(H,25,28)/t17-,18+/m1/s1. The lowest BCUT2D eigenvalue weighted by Gasteiger charge is -2.30. The molecule has 170 valence electrons. The minimum atomic E-state index is -0.774. The van der Waals surface area contributed by atoms with Crippen molar-refractivity contribution in [3.63, 3.8) is 0 Å². The first-order chi connectivity index (χ1) is 14.0. The van der Waals surface area contributed by atoms with Crippen LogP contribution in [0.5, 0.6) is 0 Å². The molecular formula is C23H39N3O4. The number of nitrogens with one attached hydrogen (secondary N) is 2. The maximum Gasteiger partial charge on any atom is 0.290 e. The summed E-state index contributed by atoms with van der Waals surface area (Å²) < 4.78 is 0. The van der Waals surface area contributed by atoms with Gasteiger partial charge < -0.3 is 15.5 Å². The van der Waals surface area contributed by atoms with Crippen molar-refractivity contribution in [1.82, 2.24) is 15.5 Å². The summed E-state index contributed by atoms with van der Waals surface area (Å²) in [5.41, 5.74) is -0.435. The van der Waals surface area contributed by atoms with E-state index in [0.29, 0.717) is 19.4 Å². The molecule has 2 fully saturated rings. The van der Waals surface area contributed by atoms with Crippen molar-refractivity contribution >= 4 is 23.5 Å². The summed E-state index contributed by atoms with van der Waals surface area (Å²) >= 11 is 0. The minimum Gasteiger partial charge on any atom is -0.350 e. The molecule has 1 heterocycles. The van der Waals surface area contributed by atoms with E-state index in [1.807, 2.05) is 34.6 Å². The fraction of sp³-hybridized carbons (Fsp3) is 0.826. The van der Waals surface area contributed by atoms with E-state index < -0.39 is 29.3 Å². The first kappa shape index (κ1) is 24.4. The summed E-state index contributed by atoms with van der Waals surface area (Å²) in [6.07, 6.45) is 6.65. The molecule has 3 amide bonds. The number of hydrogen-bond donors (Lipinski definition) is 2. The van der Waals surface area contributed by atoms with Crippen LogP contribution >= 0.6 is 0 Å². The lowest BCUT2D eigenvalue weighted by molar-refractivity contribution is -0.147. The van der Waals surface area contributed by atoms with Gasteiger partial charge in [-0.3, -0.25) is 19.2 Å². The SMILES string of the molecule is CC(C)C[C@@H](NC(=O)C(=O)[C@@H]1CCCN1C(=O)C1CCCCC1)C(=O)NC(C)(C)C. The van der Waals surface area contributed by atoms with Gasteiger partial charge in [-0.05, 0) is 58.8 Å². The van der Waals surface area contributed by atoms with Crippen LogP contribution in [0.15, 0.2) is 0 Å². The van der Waals surface area contributed by atoms with Gasteiger partial charge in [0, 0.05) is 18.0 Å². The van der Waals surface area contributed by atoms with Gasteiger partial charge in [0.25, 0.3) is 5.91 Å². The molecule has 0 radical (unpaired) electrons. The molecule has 2 rings (SSSR count). The zero-order chi connectivity index (χ0) is 22.5. The Labute approximate surface area is 180 Å². The van der Waals surface area contributed by atoms with E-state index >= 15 is 0 Å². The second-order valence-corrected chi connectivity index (χ2v) is 10.3. The van der Waals surface area contributed by atoms with E-state index in [-0.39, 0.29) is 23.7 Å². The minimum absolute atomic E-state index is 0.0163. The van der Waals surface area contributed by atoms with E-state index in [9.17, 15) is 19.2 Å². The number of carbonyl (C=O) groups is 4. The second kappa shape index (κ2) is 10.4. The quantitative estimate of drug-likeness (QED) is 0.618. The van der Waals surface area contributed by atoms with Crippen molar-refractivity contribution in [2.24, 2.45) is 11.8 Å². The van der Waals surface area contributed by atoms with Crippen LogP contribution in [0.25, 0.3) is 0 Å². The maximum atomic E-state index is 12.9. The number of nitrogens with zero attached hydrogens (tertiary/aromatic N) is 1. The number of hydrogen-bond acceptors (Lipinski definition) is 4. The highest BCUT2D eigenvalue weighted by atomic mass is 16.2. The molecule has 2 atom stereocenters. The lowest BCUT2D eigenvalue weighted by Crippen LogP contribution is -2.55. The van der Waals surface area contributed by atoms with E-state index in [2.05, 4.69) is 10.6 Å². The molecule has 1 aliphatic carbocycles. The summed E-state index contributed by atoms with van der Waals surface area (Å²) in [5, 5.41) is 5.53. The van der Waals surface area contributed by atoms with Crippen LogP contribution in [0.2, 0.25) is 0 Å². The Hall–Kier alpha value is -1.92. The molecule has 0 aromatic carbocycles. The fourth-order valence-electron chi connectivity index (χ4n) is 4.43. The topological polar surface area (TPSA) is 95.6 Å². The summed E-state index contributed by atoms with van der Waals surface area (Å²) in [6, 6.07) is -1.48. The van der Waals surface area contributed by atoms with Crippen molar-refractivity contribution in [2.45, 2.75) is 104 Å². The summed E-state index contributed by atoms with van der Waals surface area (Å²) in [4.78, 5) is 52.9. The third-order valence-electron chi connectivity index (χ3n) is 5.84. The van der Waals surface area contributed by atoms with Gasteiger partial charge in [0.15, 0.2) is 0 Å². The van der Waals surface area contributed by atoms with Crippen molar-refractivity contribution in [2.75, 3.05) is 6.54 Å². The van der Waals surface area contributed by atoms with Gasteiger partial charge in [-0.1, -0.05) is 33.1 Å². The predicted octanol–water partition coefficient (Wildman–Crippen LogP) is 2.57. The molecule has 30 heavy (non-hydrogen) atoms.